The van der Waals surface area contributed by atoms with Gasteiger partial charge in [-0.05, 0) is 44.2 Å². The summed E-state index contributed by atoms with van der Waals surface area (Å²) >= 11 is 1.97. The first-order valence-corrected chi connectivity index (χ1v) is 8.84. The van der Waals surface area contributed by atoms with E-state index in [9.17, 15) is 0 Å². The molecule has 1 aliphatic heterocycles. The molecular weight excluding hydrogens is 264 g/mol. The predicted molar refractivity (Wildman–Crippen MR) is 89.5 cm³/mol. The van der Waals surface area contributed by atoms with E-state index >= 15 is 0 Å². The highest BCUT2D eigenvalue weighted by atomic mass is 32.1. The van der Waals surface area contributed by atoms with Gasteiger partial charge in [0.05, 0.1) is 0 Å². The van der Waals surface area contributed by atoms with E-state index in [2.05, 4.69) is 50.9 Å². The summed E-state index contributed by atoms with van der Waals surface area (Å²) in [5.41, 5.74) is 1.45. The summed E-state index contributed by atoms with van der Waals surface area (Å²) < 4.78 is 0. The SMILES string of the molecule is CCC1CNC(CC(C)C)CN1Cc1cc(C)c(C)s1. The van der Waals surface area contributed by atoms with E-state index in [0.717, 1.165) is 19.0 Å². The van der Waals surface area contributed by atoms with Gasteiger partial charge in [0, 0.05) is 41.5 Å². The molecule has 114 valence electrons. The quantitative estimate of drug-likeness (QED) is 0.884. The van der Waals surface area contributed by atoms with E-state index in [1.54, 1.807) is 0 Å². The average Bonchev–Trinajstić information content (AvgIpc) is 2.68. The molecule has 2 rings (SSSR count). The Bertz CT molecular complexity index is 405. The van der Waals surface area contributed by atoms with Gasteiger partial charge in [-0.3, -0.25) is 4.90 Å². The molecule has 1 fully saturated rings. The summed E-state index contributed by atoms with van der Waals surface area (Å²) in [6, 6.07) is 3.74. The zero-order chi connectivity index (χ0) is 14.7. The fourth-order valence-electron chi connectivity index (χ4n) is 3.18. The van der Waals surface area contributed by atoms with Crippen LogP contribution >= 0.6 is 11.3 Å². The third kappa shape index (κ3) is 4.06. The second-order valence-corrected chi connectivity index (χ2v) is 8.02. The molecule has 2 nitrogen and oxygen atoms in total. The molecule has 0 aliphatic carbocycles. The van der Waals surface area contributed by atoms with Gasteiger partial charge in [-0.25, -0.2) is 0 Å². The molecule has 1 aliphatic rings. The van der Waals surface area contributed by atoms with Crippen LogP contribution in [0.5, 0.6) is 0 Å². The minimum Gasteiger partial charge on any atom is -0.311 e. The minimum atomic E-state index is 0.667. The second-order valence-electron chi connectivity index (χ2n) is 6.68. The van der Waals surface area contributed by atoms with Crippen LogP contribution in [0.25, 0.3) is 0 Å². The second kappa shape index (κ2) is 7.06. The van der Waals surface area contributed by atoms with Gasteiger partial charge in [-0.1, -0.05) is 20.8 Å². The van der Waals surface area contributed by atoms with Gasteiger partial charge in [0.25, 0.3) is 0 Å². The maximum absolute atomic E-state index is 3.75. The summed E-state index contributed by atoms with van der Waals surface area (Å²) in [5, 5.41) is 3.75. The normalized spacial score (nSPS) is 24.5. The van der Waals surface area contributed by atoms with Crippen molar-refractivity contribution in [3.8, 4) is 0 Å². The molecule has 0 radical (unpaired) electrons. The Morgan fingerprint density at radius 2 is 2.15 bits per heavy atom. The average molecular weight is 295 g/mol. The molecular formula is C17H30N2S. The molecule has 1 N–H and O–H groups in total. The Hall–Kier alpha value is -0.380. The zero-order valence-corrected chi connectivity index (χ0v) is 14.5. The highest BCUT2D eigenvalue weighted by Gasteiger charge is 2.27. The van der Waals surface area contributed by atoms with Crippen molar-refractivity contribution in [1.29, 1.82) is 0 Å². The standard InChI is InChI=1S/C17H30N2S/c1-6-16-9-18-15(7-12(2)3)10-19(16)11-17-8-13(4)14(5)20-17/h8,12,15-16,18H,6-7,9-11H2,1-5H3. The summed E-state index contributed by atoms with van der Waals surface area (Å²) in [7, 11) is 0. The van der Waals surface area contributed by atoms with Crippen molar-refractivity contribution < 1.29 is 0 Å². The molecule has 0 saturated carbocycles. The highest BCUT2D eigenvalue weighted by Crippen LogP contribution is 2.24. The van der Waals surface area contributed by atoms with Crippen molar-refractivity contribution in [2.24, 2.45) is 5.92 Å². The van der Waals surface area contributed by atoms with Crippen molar-refractivity contribution in [2.45, 2.75) is 66.1 Å². The summed E-state index contributed by atoms with van der Waals surface area (Å²) in [4.78, 5) is 5.71. The number of hydrogen-bond donors (Lipinski definition) is 1. The molecule has 3 heteroatoms. The van der Waals surface area contributed by atoms with Gasteiger partial charge < -0.3 is 5.32 Å². The number of hydrogen-bond acceptors (Lipinski definition) is 3. The first-order chi connectivity index (χ1) is 9.49. The number of piperazine rings is 1. The number of thiophene rings is 1. The lowest BCUT2D eigenvalue weighted by Gasteiger charge is -2.40. The van der Waals surface area contributed by atoms with Crippen molar-refractivity contribution in [1.82, 2.24) is 10.2 Å². The van der Waals surface area contributed by atoms with Crippen molar-refractivity contribution >= 4 is 11.3 Å². The molecule has 2 atom stereocenters. The summed E-state index contributed by atoms with van der Waals surface area (Å²) in [6.07, 6.45) is 2.53. The Kier molecular flexibility index (Phi) is 5.65. The van der Waals surface area contributed by atoms with E-state index in [-0.39, 0.29) is 0 Å². The van der Waals surface area contributed by atoms with Gasteiger partial charge in [-0.2, -0.15) is 0 Å². The molecule has 2 heterocycles. The minimum absolute atomic E-state index is 0.667. The molecule has 0 aromatic carbocycles. The van der Waals surface area contributed by atoms with Crippen molar-refractivity contribution in [3.63, 3.8) is 0 Å². The number of aryl methyl sites for hydroxylation is 2. The maximum atomic E-state index is 3.75. The third-order valence-corrected chi connectivity index (χ3v) is 5.55. The Balaban J connectivity index is 2.01. The molecule has 0 bridgehead atoms. The first kappa shape index (κ1) is 16.0. The first-order valence-electron chi connectivity index (χ1n) is 8.03. The maximum Gasteiger partial charge on any atom is 0.0332 e. The van der Waals surface area contributed by atoms with Gasteiger partial charge in [0.1, 0.15) is 0 Å². The lowest BCUT2D eigenvalue weighted by Crippen LogP contribution is -2.56. The van der Waals surface area contributed by atoms with Gasteiger partial charge >= 0.3 is 0 Å². The lowest BCUT2D eigenvalue weighted by atomic mass is 9.99. The molecule has 1 saturated heterocycles. The van der Waals surface area contributed by atoms with Crippen LogP contribution in [0.3, 0.4) is 0 Å². The van der Waals surface area contributed by atoms with Crippen LogP contribution in [-0.2, 0) is 6.54 Å². The van der Waals surface area contributed by atoms with E-state index in [0.29, 0.717) is 12.1 Å². The van der Waals surface area contributed by atoms with E-state index in [1.165, 1.54) is 34.7 Å². The van der Waals surface area contributed by atoms with Gasteiger partial charge in [0.15, 0.2) is 0 Å². The van der Waals surface area contributed by atoms with E-state index < -0.39 is 0 Å². The fraction of sp³-hybridized carbons (Fsp3) is 0.765. The largest absolute Gasteiger partial charge is 0.311 e. The molecule has 0 amide bonds. The van der Waals surface area contributed by atoms with Gasteiger partial charge in [0.2, 0.25) is 0 Å². The third-order valence-electron chi connectivity index (χ3n) is 4.42. The number of nitrogens with one attached hydrogen (secondary N) is 1. The van der Waals surface area contributed by atoms with Crippen LogP contribution < -0.4 is 5.32 Å². The van der Waals surface area contributed by atoms with Gasteiger partial charge in [-0.15, -0.1) is 11.3 Å². The van der Waals surface area contributed by atoms with Crippen LogP contribution in [0, 0.1) is 19.8 Å². The Morgan fingerprint density at radius 3 is 2.70 bits per heavy atom. The Morgan fingerprint density at radius 1 is 1.40 bits per heavy atom. The molecule has 0 spiro atoms. The van der Waals surface area contributed by atoms with Crippen LogP contribution in [0.1, 0.15) is 48.9 Å². The Labute approximate surface area is 128 Å². The lowest BCUT2D eigenvalue weighted by molar-refractivity contribution is 0.112. The smallest absolute Gasteiger partial charge is 0.0332 e. The predicted octanol–water partition coefficient (Wildman–Crippen LogP) is 3.96. The van der Waals surface area contributed by atoms with Crippen LogP contribution in [0.4, 0.5) is 0 Å². The highest BCUT2D eigenvalue weighted by molar-refractivity contribution is 7.12. The van der Waals surface area contributed by atoms with E-state index in [4.69, 9.17) is 0 Å². The van der Waals surface area contributed by atoms with Crippen molar-refractivity contribution in [3.05, 3.63) is 21.4 Å². The summed E-state index contributed by atoms with van der Waals surface area (Å²) in [6.45, 7) is 14.9. The molecule has 1 aromatic rings. The van der Waals surface area contributed by atoms with Crippen LogP contribution in [-0.4, -0.2) is 30.1 Å². The molecule has 20 heavy (non-hydrogen) atoms. The van der Waals surface area contributed by atoms with Crippen LogP contribution in [0.15, 0.2) is 6.07 Å². The topological polar surface area (TPSA) is 15.3 Å². The fourth-order valence-corrected chi connectivity index (χ4v) is 4.26. The number of nitrogens with zero attached hydrogens (tertiary/aromatic N) is 1. The van der Waals surface area contributed by atoms with Crippen molar-refractivity contribution in [2.75, 3.05) is 13.1 Å². The zero-order valence-electron chi connectivity index (χ0n) is 13.7. The van der Waals surface area contributed by atoms with Crippen LogP contribution in [0.2, 0.25) is 0 Å². The monoisotopic (exact) mass is 294 g/mol. The molecule has 1 aromatic heterocycles. The summed E-state index contributed by atoms with van der Waals surface area (Å²) in [5.74, 6) is 0.777. The number of rotatable bonds is 5. The molecule has 2 unspecified atom stereocenters. The van der Waals surface area contributed by atoms with E-state index in [1.807, 2.05) is 11.3 Å².